The van der Waals surface area contributed by atoms with Gasteiger partial charge in [-0.2, -0.15) is 0 Å². The van der Waals surface area contributed by atoms with Gasteiger partial charge in [-0.1, -0.05) is 20.3 Å². The summed E-state index contributed by atoms with van der Waals surface area (Å²) in [5.74, 6) is -0.991. The highest BCUT2D eigenvalue weighted by atomic mass is 16.4. The van der Waals surface area contributed by atoms with Crippen LogP contribution in [0.5, 0.6) is 0 Å². The van der Waals surface area contributed by atoms with Crippen molar-refractivity contribution in [3.63, 3.8) is 0 Å². The molecule has 0 bridgehead atoms. The summed E-state index contributed by atoms with van der Waals surface area (Å²) in [7, 11) is 1.56. The molecule has 0 saturated heterocycles. The van der Waals surface area contributed by atoms with E-state index < -0.39 is 12.0 Å². The van der Waals surface area contributed by atoms with E-state index in [1.54, 1.807) is 11.9 Å². The maximum atomic E-state index is 11.3. The van der Waals surface area contributed by atoms with Crippen LogP contribution in [0.2, 0.25) is 0 Å². The largest absolute Gasteiger partial charge is 0.480 e. The first-order valence-corrected chi connectivity index (χ1v) is 5.74. The Morgan fingerprint density at radius 1 is 1.31 bits per heavy atom. The topological polar surface area (TPSA) is 69.6 Å². The van der Waals surface area contributed by atoms with Gasteiger partial charge in [0.05, 0.1) is 6.54 Å². The van der Waals surface area contributed by atoms with Gasteiger partial charge in [0.2, 0.25) is 5.91 Å². The first-order chi connectivity index (χ1) is 7.56. The standard InChI is InChI=1S/C11H22N2O3/c1-4-6-9(11(15)16)13(7-5-2)8-10(14)12-3/h9H,4-8H2,1-3H3,(H,12,14)(H,15,16). The number of carbonyl (C=O) groups is 2. The van der Waals surface area contributed by atoms with E-state index in [4.69, 9.17) is 5.11 Å². The monoisotopic (exact) mass is 230 g/mol. The molecule has 1 amide bonds. The number of hydrogen-bond acceptors (Lipinski definition) is 3. The third kappa shape index (κ3) is 5.11. The van der Waals surface area contributed by atoms with Crippen LogP contribution in [-0.2, 0) is 9.59 Å². The molecular weight excluding hydrogens is 208 g/mol. The van der Waals surface area contributed by atoms with Gasteiger partial charge in [-0.15, -0.1) is 0 Å². The van der Waals surface area contributed by atoms with Crippen LogP contribution in [-0.4, -0.2) is 48.1 Å². The molecule has 0 spiro atoms. The molecule has 0 aromatic rings. The van der Waals surface area contributed by atoms with Crippen molar-refractivity contribution in [1.82, 2.24) is 10.2 Å². The van der Waals surface area contributed by atoms with Gasteiger partial charge in [0.15, 0.2) is 0 Å². The van der Waals surface area contributed by atoms with Crippen LogP contribution in [0.25, 0.3) is 0 Å². The number of aliphatic carboxylic acids is 1. The van der Waals surface area contributed by atoms with E-state index in [0.29, 0.717) is 13.0 Å². The lowest BCUT2D eigenvalue weighted by atomic mass is 10.1. The van der Waals surface area contributed by atoms with Gasteiger partial charge in [0, 0.05) is 7.05 Å². The number of carboxylic acid groups (broad SMARTS) is 1. The second-order valence-corrected chi connectivity index (χ2v) is 3.79. The molecular formula is C11H22N2O3. The number of carboxylic acids is 1. The first kappa shape index (κ1) is 14.9. The Morgan fingerprint density at radius 2 is 1.94 bits per heavy atom. The predicted molar refractivity (Wildman–Crippen MR) is 62.3 cm³/mol. The van der Waals surface area contributed by atoms with E-state index in [9.17, 15) is 9.59 Å². The van der Waals surface area contributed by atoms with E-state index >= 15 is 0 Å². The molecule has 2 N–H and O–H groups in total. The Kier molecular flexibility index (Phi) is 7.54. The molecule has 0 aromatic carbocycles. The maximum Gasteiger partial charge on any atom is 0.320 e. The normalized spacial score (nSPS) is 12.5. The molecule has 0 aliphatic carbocycles. The fraction of sp³-hybridized carbons (Fsp3) is 0.818. The third-order valence-electron chi connectivity index (χ3n) is 2.42. The Bertz CT molecular complexity index is 231. The molecule has 0 saturated carbocycles. The number of hydrogen-bond donors (Lipinski definition) is 2. The van der Waals surface area contributed by atoms with Crippen LogP contribution >= 0.6 is 0 Å². The lowest BCUT2D eigenvalue weighted by molar-refractivity contribution is -0.144. The molecule has 1 unspecified atom stereocenters. The van der Waals surface area contributed by atoms with Crippen molar-refractivity contribution in [3.05, 3.63) is 0 Å². The van der Waals surface area contributed by atoms with E-state index in [1.165, 1.54) is 0 Å². The molecule has 0 radical (unpaired) electrons. The average molecular weight is 230 g/mol. The summed E-state index contributed by atoms with van der Waals surface area (Å²) in [6.07, 6.45) is 2.21. The summed E-state index contributed by atoms with van der Waals surface area (Å²) >= 11 is 0. The van der Waals surface area contributed by atoms with Crippen LogP contribution in [0.4, 0.5) is 0 Å². The van der Waals surface area contributed by atoms with Gasteiger partial charge in [-0.05, 0) is 19.4 Å². The van der Waals surface area contributed by atoms with Gasteiger partial charge in [0.25, 0.3) is 0 Å². The summed E-state index contributed by atoms with van der Waals surface area (Å²) in [5.41, 5.74) is 0. The zero-order valence-electron chi connectivity index (χ0n) is 10.3. The molecule has 5 nitrogen and oxygen atoms in total. The summed E-state index contributed by atoms with van der Waals surface area (Å²) in [6, 6.07) is -0.553. The maximum absolute atomic E-state index is 11.3. The van der Waals surface area contributed by atoms with E-state index in [-0.39, 0.29) is 12.5 Å². The van der Waals surface area contributed by atoms with Gasteiger partial charge >= 0.3 is 5.97 Å². The molecule has 0 aliphatic heterocycles. The van der Waals surface area contributed by atoms with Crippen LogP contribution in [0.1, 0.15) is 33.1 Å². The van der Waals surface area contributed by atoms with E-state index in [0.717, 1.165) is 12.8 Å². The minimum absolute atomic E-state index is 0.143. The number of amides is 1. The first-order valence-electron chi connectivity index (χ1n) is 5.74. The fourth-order valence-corrected chi connectivity index (χ4v) is 1.63. The molecule has 0 fully saturated rings. The number of nitrogens with one attached hydrogen (secondary N) is 1. The highest BCUT2D eigenvalue weighted by molar-refractivity contribution is 5.79. The van der Waals surface area contributed by atoms with E-state index in [1.807, 2.05) is 13.8 Å². The van der Waals surface area contributed by atoms with Gasteiger partial charge in [-0.3, -0.25) is 14.5 Å². The quantitative estimate of drug-likeness (QED) is 0.644. The SMILES string of the molecule is CCCC(C(=O)O)N(CCC)CC(=O)NC. The Morgan fingerprint density at radius 3 is 2.31 bits per heavy atom. The van der Waals surface area contributed by atoms with Crippen molar-refractivity contribution < 1.29 is 14.7 Å². The molecule has 16 heavy (non-hydrogen) atoms. The van der Waals surface area contributed by atoms with Crippen molar-refractivity contribution in [2.24, 2.45) is 0 Å². The Labute approximate surface area is 96.8 Å². The lowest BCUT2D eigenvalue weighted by Crippen LogP contribution is -2.46. The molecule has 1 atom stereocenters. The van der Waals surface area contributed by atoms with Crippen molar-refractivity contribution in [1.29, 1.82) is 0 Å². The molecule has 0 aromatic heterocycles. The molecule has 0 rings (SSSR count). The smallest absolute Gasteiger partial charge is 0.320 e. The van der Waals surface area contributed by atoms with Gasteiger partial charge in [-0.25, -0.2) is 0 Å². The summed E-state index contributed by atoms with van der Waals surface area (Å²) in [6.45, 7) is 4.70. The minimum Gasteiger partial charge on any atom is -0.480 e. The molecule has 5 heteroatoms. The highest BCUT2D eigenvalue weighted by Crippen LogP contribution is 2.08. The van der Waals surface area contributed by atoms with Crippen molar-refractivity contribution in [2.75, 3.05) is 20.1 Å². The van der Waals surface area contributed by atoms with Crippen LogP contribution in [0, 0.1) is 0 Å². The molecule has 0 heterocycles. The fourth-order valence-electron chi connectivity index (χ4n) is 1.63. The lowest BCUT2D eigenvalue weighted by Gasteiger charge is -2.27. The van der Waals surface area contributed by atoms with Crippen LogP contribution < -0.4 is 5.32 Å². The van der Waals surface area contributed by atoms with Crippen LogP contribution in [0.15, 0.2) is 0 Å². The zero-order chi connectivity index (χ0) is 12.6. The summed E-state index contributed by atoms with van der Waals surface area (Å²) < 4.78 is 0. The number of carbonyl (C=O) groups excluding carboxylic acids is 1. The highest BCUT2D eigenvalue weighted by Gasteiger charge is 2.25. The molecule has 94 valence electrons. The average Bonchev–Trinajstić information content (AvgIpc) is 2.24. The summed E-state index contributed by atoms with van der Waals surface area (Å²) in [4.78, 5) is 24.1. The Balaban J connectivity index is 4.55. The summed E-state index contributed by atoms with van der Waals surface area (Å²) in [5, 5.41) is 11.6. The molecule has 0 aliphatic rings. The van der Waals surface area contributed by atoms with Crippen molar-refractivity contribution >= 4 is 11.9 Å². The van der Waals surface area contributed by atoms with Gasteiger partial charge < -0.3 is 10.4 Å². The van der Waals surface area contributed by atoms with E-state index in [2.05, 4.69) is 5.32 Å². The third-order valence-corrected chi connectivity index (χ3v) is 2.42. The number of nitrogens with zero attached hydrogens (tertiary/aromatic N) is 1. The second kappa shape index (κ2) is 8.10. The minimum atomic E-state index is -0.848. The number of rotatable bonds is 8. The Hall–Kier alpha value is -1.10. The van der Waals surface area contributed by atoms with Gasteiger partial charge in [0.1, 0.15) is 6.04 Å². The van der Waals surface area contributed by atoms with Crippen LogP contribution in [0.3, 0.4) is 0 Å². The van der Waals surface area contributed by atoms with Crippen molar-refractivity contribution in [2.45, 2.75) is 39.2 Å². The second-order valence-electron chi connectivity index (χ2n) is 3.79. The predicted octanol–water partition coefficient (Wildman–Crippen LogP) is 0.698. The number of likely N-dealkylation sites (N-methyl/N-ethyl adjacent to an activating group) is 1. The van der Waals surface area contributed by atoms with Crippen molar-refractivity contribution in [3.8, 4) is 0 Å². The zero-order valence-corrected chi connectivity index (χ0v) is 10.3.